The summed E-state index contributed by atoms with van der Waals surface area (Å²) in [4.78, 5) is -4.28. The van der Waals surface area contributed by atoms with Gasteiger partial charge in [-0.2, -0.15) is 45.7 Å². The van der Waals surface area contributed by atoms with Gasteiger partial charge in [0.1, 0.15) is 36.2 Å². The molecular weight excluding hydrogens is 944 g/mol. The van der Waals surface area contributed by atoms with Crippen LogP contribution in [0.2, 0.25) is 0 Å². The first kappa shape index (κ1) is 49.7. The molecule has 0 bridgehead atoms. The standard InChI is InChI=1S/C38H28N8O14S4.Na/c47-45(33-19-17-29(21-37(33)63(55,56)57)41-39-27-7-3-1-4-8-27)43-31-15-13-25(35(23-31)61(49,50)51)11-12-26-14-16-32(24-36(26)62(52,53)54)44-46(48)34-20-18-30(22-38(34)64(58,59)60)42-40-28-9-5-2-6-10-28;/h1-24H,(H,49,50,51)(H,52,53,54)(H,55,56,57)(H,58,59,60);/q;+1/p-1/b12-11+,41-39?,42-40?,45-43?,46-44?;. The molecule has 22 nitrogen and oxygen atoms in total. The van der Waals surface area contributed by atoms with E-state index in [1.165, 1.54) is 6.07 Å². The largest absolute Gasteiger partial charge is 1.00 e. The van der Waals surface area contributed by atoms with Crippen molar-refractivity contribution in [1.82, 2.24) is 0 Å². The van der Waals surface area contributed by atoms with E-state index in [1.54, 1.807) is 60.7 Å². The van der Waals surface area contributed by atoms with Crippen LogP contribution in [0, 0.1) is 10.4 Å². The molecule has 0 aliphatic carbocycles. The summed E-state index contributed by atoms with van der Waals surface area (Å²) in [7, 11) is -20.7. The van der Waals surface area contributed by atoms with Gasteiger partial charge in [-0.15, -0.1) is 0 Å². The predicted molar refractivity (Wildman–Crippen MR) is 224 cm³/mol. The van der Waals surface area contributed by atoms with Crippen LogP contribution in [0.3, 0.4) is 0 Å². The third-order valence-electron chi connectivity index (χ3n) is 8.33. The van der Waals surface area contributed by atoms with E-state index in [0.717, 1.165) is 66.7 Å². The van der Waals surface area contributed by atoms with Crippen molar-refractivity contribution in [2.75, 3.05) is 0 Å². The predicted octanol–water partition coefficient (Wildman–Crippen LogP) is 6.19. The van der Waals surface area contributed by atoms with Crippen molar-refractivity contribution in [1.29, 1.82) is 0 Å². The molecule has 65 heavy (non-hydrogen) atoms. The van der Waals surface area contributed by atoms with Crippen LogP contribution in [0.15, 0.2) is 184 Å². The Hall–Kier alpha value is -6.30. The zero-order chi connectivity index (χ0) is 46.5. The minimum Gasteiger partial charge on any atom is -0.744 e. The van der Waals surface area contributed by atoms with Gasteiger partial charge in [0.25, 0.3) is 31.6 Å². The van der Waals surface area contributed by atoms with E-state index >= 15 is 0 Å². The fourth-order valence-electron chi connectivity index (χ4n) is 5.46. The van der Waals surface area contributed by atoms with Gasteiger partial charge in [0.05, 0.1) is 22.7 Å². The van der Waals surface area contributed by atoms with Gasteiger partial charge in [-0.1, -0.05) is 60.7 Å². The third kappa shape index (κ3) is 13.1. The minimum absolute atomic E-state index is 0. The average molecular weight is 971 g/mol. The Morgan fingerprint density at radius 1 is 0.415 bits per heavy atom. The molecule has 6 aromatic carbocycles. The average Bonchev–Trinajstić information content (AvgIpc) is 3.24. The molecule has 27 heteroatoms. The summed E-state index contributed by atoms with van der Waals surface area (Å²) in [5, 5.41) is 49.1. The van der Waals surface area contributed by atoms with Gasteiger partial charge in [-0.25, -0.2) is 8.42 Å². The van der Waals surface area contributed by atoms with Gasteiger partial charge in [0, 0.05) is 22.4 Å². The quantitative estimate of drug-likeness (QED) is 0.0274. The number of rotatable bonds is 14. The molecular formula is C38H27N8NaO14S4. The second-order valence-corrected chi connectivity index (χ2v) is 18.3. The van der Waals surface area contributed by atoms with Crippen molar-refractivity contribution in [2.45, 2.75) is 19.6 Å². The Bertz CT molecular complexity index is 3190. The van der Waals surface area contributed by atoms with Gasteiger partial charge < -0.3 is 15.0 Å². The zero-order valence-corrected chi connectivity index (χ0v) is 38.2. The summed E-state index contributed by atoms with van der Waals surface area (Å²) in [6.45, 7) is 0. The Kier molecular flexibility index (Phi) is 15.5. The van der Waals surface area contributed by atoms with E-state index < -0.39 is 82.8 Å². The molecule has 0 aliphatic heterocycles. The van der Waals surface area contributed by atoms with Crippen molar-refractivity contribution >= 4 is 98.1 Å². The van der Waals surface area contributed by atoms with Gasteiger partial charge >= 0.3 is 39.7 Å². The van der Waals surface area contributed by atoms with Gasteiger partial charge in [-0.05, 0) is 93.6 Å². The fraction of sp³-hybridized carbons (Fsp3) is 0. The smallest absolute Gasteiger partial charge is 0.744 e. The number of hydrogen-bond donors (Lipinski definition) is 3. The Labute approximate surface area is 391 Å². The van der Waals surface area contributed by atoms with Crippen LogP contribution in [0.25, 0.3) is 12.2 Å². The molecule has 6 rings (SSSR count). The van der Waals surface area contributed by atoms with E-state index in [9.17, 15) is 62.3 Å². The summed E-state index contributed by atoms with van der Waals surface area (Å²) in [5.74, 6) is 0. The molecule has 0 aliphatic rings. The maximum absolute atomic E-state index is 13.1. The Morgan fingerprint density at radius 2 is 0.738 bits per heavy atom. The number of hydrogen-bond acceptors (Lipinski definition) is 17. The Balaban J connectivity index is 0.00000793. The van der Waals surface area contributed by atoms with Crippen LogP contribution in [-0.2, 0) is 40.5 Å². The van der Waals surface area contributed by atoms with Crippen LogP contribution in [0.5, 0.6) is 0 Å². The molecule has 0 amide bonds. The van der Waals surface area contributed by atoms with Crippen LogP contribution in [-0.4, -0.2) is 61.6 Å². The maximum atomic E-state index is 13.1. The van der Waals surface area contributed by atoms with Crippen molar-refractivity contribution in [2.24, 2.45) is 30.7 Å². The van der Waals surface area contributed by atoms with Gasteiger partial charge in [0.15, 0.2) is 4.90 Å². The fourth-order valence-corrected chi connectivity index (χ4v) is 8.22. The summed E-state index contributed by atoms with van der Waals surface area (Å²) < 4.78 is 141. The molecule has 0 unspecified atom stereocenters. The van der Waals surface area contributed by atoms with Crippen LogP contribution >= 0.6 is 0 Å². The van der Waals surface area contributed by atoms with Crippen molar-refractivity contribution < 1.29 is 91.2 Å². The SMILES string of the molecule is O=S(=O)([O-])c1cc(N=Nc2ccccc2)ccc1[N+]([O-])=Nc1ccc(/C=C/c2ccc(N=[N+]([O-])c3ccc(N=Nc4ccccc4)cc3S(=O)(=O)O)cc2S(=O)(=O)O)c(S(=O)(=O)O)c1.[Na+]. The molecule has 0 aromatic heterocycles. The van der Waals surface area contributed by atoms with E-state index in [2.05, 4.69) is 30.7 Å². The first-order chi connectivity index (χ1) is 30.1. The number of nitrogens with zero attached hydrogens (tertiary/aromatic N) is 8. The molecule has 0 radical (unpaired) electrons. The molecule has 3 N–H and O–H groups in total. The maximum Gasteiger partial charge on any atom is 1.00 e. The number of azo groups is 4. The molecule has 0 fully saturated rings. The molecule has 6 aromatic rings. The molecule has 0 atom stereocenters. The summed E-state index contributed by atoms with van der Waals surface area (Å²) in [6.07, 6.45) is 1.95. The van der Waals surface area contributed by atoms with Crippen LogP contribution in [0.1, 0.15) is 11.1 Å². The van der Waals surface area contributed by atoms with Crippen LogP contribution < -0.4 is 29.6 Å². The summed E-state index contributed by atoms with van der Waals surface area (Å²) >= 11 is 0. The Morgan fingerprint density at radius 3 is 1.11 bits per heavy atom. The summed E-state index contributed by atoms with van der Waals surface area (Å²) in [6, 6.07) is 27.9. The minimum atomic E-state index is -5.32. The van der Waals surface area contributed by atoms with Crippen molar-refractivity contribution in [3.63, 3.8) is 0 Å². The van der Waals surface area contributed by atoms with Crippen molar-refractivity contribution in [3.05, 3.63) is 155 Å². The molecule has 328 valence electrons. The molecule has 0 heterocycles. The molecule has 0 saturated carbocycles. The first-order valence-corrected chi connectivity index (χ1v) is 23.2. The topological polar surface area (TPSA) is 347 Å². The van der Waals surface area contributed by atoms with E-state index in [0.29, 0.717) is 23.5 Å². The van der Waals surface area contributed by atoms with E-state index in [4.69, 9.17) is 0 Å². The number of benzene rings is 6. The van der Waals surface area contributed by atoms with Gasteiger partial charge in [0.2, 0.25) is 0 Å². The molecule has 0 saturated heterocycles. The van der Waals surface area contributed by atoms with Gasteiger partial charge in [-0.3, -0.25) is 13.7 Å². The second-order valence-electron chi connectivity index (χ2n) is 12.8. The first-order valence-electron chi connectivity index (χ1n) is 17.5. The van der Waals surface area contributed by atoms with Crippen LogP contribution in [0.4, 0.5) is 45.5 Å². The third-order valence-corrected chi connectivity index (χ3v) is 11.9. The van der Waals surface area contributed by atoms with E-state index in [1.807, 2.05) is 0 Å². The monoisotopic (exact) mass is 970 g/mol. The normalized spacial score (nSPS) is 13.1. The van der Waals surface area contributed by atoms with E-state index in [-0.39, 0.29) is 61.8 Å². The second kappa shape index (κ2) is 20.3. The zero-order valence-electron chi connectivity index (χ0n) is 32.9. The summed E-state index contributed by atoms with van der Waals surface area (Å²) in [5.41, 5.74) is -2.49. The molecule has 0 spiro atoms. The van der Waals surface area contributed by atoms with Crippen molar-refractivity contribution in [3.8, 4) is 0 Å².